The van der Waals surface area contributed by atoms with Crippen LogP contribution in [0, 0.1) is 0 Å². The highest BCUT2D eigenvalue weighted by Crippen LogP contribution is 2.29. The smallest absolute Gasteiger partial charge is 0.255 e. The minimum Gasteiger partial charge on any atom is -0.439 e. The summed E-state index contributed by atoms with van der Waals surface area (Å²) in [5.41, 5.74) is 14.1. The second-order valence-corrected chi connectivity index (χ2v) is 7.71. The Balaban J connectivity index is 1.37. The van der Waals surface area contributed by atoms with Crippen molar-refractivity contribution < 1.29 is 19.0 Å². The van der Waals surface area contributed by atoms with Crippen LogP contribution in [-0.2, 0) is 6.54 Å². The van der Waals surface area contributed by atoms with E-state index in [0.29, 0.717) is 52.0 Å². The predicted molar refractivity (Wildman–Crippen MR) is 130 cm³/mol. The molecule has 0 aliphatic heterocycles. The molecule has 12 heteroatoms. The number of aromatic nitrogens is 5. The van der Waals surface area contributed by atoms with Crippen LogP contribution in [0.15, 0.2) is 65.4 Å². The average molecular weight is 484 g/mol. The lowest BCUT2D eigenvalue weighted by atomic mass is 10.1. The minimum absolute atomic E-state index is 0.142. The van der Waals surface area contributed by atoms with Gasteiger partial charge < -0.3 is 26.1 Å². The Labute approximate surface area is 203 Å². The topological polar surface area (TPSA) is 177 Å². The van der Waals surface area contributed by atoms with Crippen LogP contribution in [0.4, 0.5) is 11.5 Å². The van der Waals surface area contributed by atoms with Crippen LogP contribution >= 0.6 is 0 Å². The van der Waals surface area contributed by atoms with E-state index in [4.69, 9.17) is 20.8 Å². The SMILES string of the molecule is CCn1c(-c2nonc2N)nc2cnc(Oc3cccc(C(=O)Nc4ccc(C(N)=O)cc4)c3)cc21. The molecule has 0 saturated heterocycles. The van der Waals surface area contributed by atoms with Crippen LogP contribution < -0.4 is 21.5 Å². The summed E-state index contributed by atoms with van der Waals surface area (Å²) in [5, 5.41) is 10.2. The Morgan fingerprint density at radius 2 is 1.89 bits per heavy atom. The minimum atomic E-state index is -0.540. The molecule has 0 fully saturated rings. The number of hydrogen-bond acceptors (Lipinski definition) is 9. The molecule has 0 aliphatic rings. The van der Waals surface area contributed by atoms with E-state index < -0.39 is 5.91 Å². The molecule has 0 saturated carbocycles. The number of benzene rings is 2. The van der Waals surface area contributed by atoms with E-state index in [9.17, 15) is 9.59 Å². The number of ether oxygens (including phenoxy) is 1. The van der Waals surface area contributed by atoms with Crippen LogP contribution in [-0.4, -0.2) is 36.7 Å². The van der Waals surface area contributed by atoms with Gasteiger partial charge in [0, 0.05) is 29.4 Å². The number of nitrogens with one attached hydrogen (secondary N) is 1. The lowest BCUT2D eigenvalue weighted by molar-refractivity contribution is 0.0998. The molecular weight excluding hydrogens is 464 g/mol. The number of pyridine rings is 1. The summed E-state index contributed by atoms with van der Waals surface area (Å²) in [7, 11) is 0. The molecule has 0 bridgehead atoms. The zero-order valence-corrected chi connectivity index (χ0v) is 19.0. The van der Waals surface area contributed by atoms with Gasteiger partial charge in [-0.25, -0.2) is 14.6 Å². The number of carbonyl (C=O) groups is 2. The number of amides is 2. The van der Waals surface area contributed by atoms with Gasteiger partial charge in [-0.3, -0.25) is 9.59 Å². The van der Waals surface area contributed by atoms with Gasteiger partial charge in [0.2, 0.25) is 11.8 Å². The molecule has 3 aromatic heterocycles. The number of fused-ring (bicyclic) bond motifs is 1. The van der Waals surface area contributed by atoms with Gasteiger partial charge in [-0.05, 0) is 59.7 Å². The first kappa shape index (κ1) is 22.5. The second-order valence-electron chi connectivity index (χ2n) is 7.71. The van der Waals surface area contributed by atoms with E-state index in [-0.39, 0.29) is 11.7 Å². The van der Waals surface area contributed by atoms with Crippen molar-refractivity contribution in [2.24, 2.45) is 5.73 Å². The Bertz CT molecular complexity index is 1590. The van der Waals surface area contributed by atoms with E-state index in [0.717, 1.165) is 5.52 Å². The van der Waals surface area contributed by atoms with Gasteiger partial charge in [0.05, 0.1) is 11.7 Å². The Hall–Kier alpha value is -5.26. The molecule has 3 heterocycles. The first-order chi connectivity index (χ1) is 17.4. The molecule has 5 aromatic rings. The largest absolute Gasteiger partial charge is 0.439 e. The Morgan fingerprint density at radius 1 is 1.08 bits per heavy atom. The fraction of sp³-hybridized carbons (Fsp3) is 0.0833. The van der Waals surface area contributed by atoms with Crippen LogP contribution in [0.1, 0.15) is 27.6 Å². The summed E-state index contributed by atoms with van der Waals surface area (Å²) in [4.78, 5) is 32.8. The van der Waals surface area contributed by atoms with Crippen molar-refractivity contribution >= 4 is 34.4 Å². The van der Waals surface area contributed by atoms with Gasteiger partial charge in [0.25, 0.3) is 5.91 Å². The van der Waals surface area contributed by atoms with Crippen LogP contribution in [0.25, 0.3) is 22.6 Å². The molecule has 36 heavy (non-hydrogen) atoms. The number of anilines is 2. The first-order valence-electron chi connectivity index (χ1n) is 10.9. The van der Waals surface area contributed by atoms with Gasteiger partial charge in [-0.1, -0.05) is 6.07 Å². The van der Waals surface area contributed by atoms with Crippen LogP contribution in [0.3, 0.4) is 0 Å². The van der Waals surface area contributed by atoms with E-state index in [1.807, 2.05) is 11.5 Å². The van der Waals surface area contributed by atoms with Gasteiger partial charge >= 0.3 is 0 Å². The third-order valence-corrected chi connectivity index (χ3v) is 5.40. The molecular formula is C24H20N8O4. The number of nitrogens with zero attached hydrogens (tertiary/aromatic N) is 5. The highest BCUT2D eigenvalue weighted by Gasteiger charge is 2.19. The number of aryl methyl sites for hydroxylation is 1. The van der Waals surface area contributed by atoms with E-state index in [1.165, 1.54) is 0 Å². The highest BCUT2D eigenvalue weighted by atomic mass is 16.6. The maximum Gasteiger partial charge on any atom is 0.255 e. The molecule has 5 rings (SSSR count). The van der Waals surface area contributed by atoms with Gasteiger partial charge in [0.1, 0.15) is 11.3 Å². The van der Waals surface area contributed by atoms with E-state index in [2.05, 4.69) is 25.6 Å². The summed E-state index contributed by atoms with van der Waals surface area (Å²) in [6, 6.07) is 14.7. The number of nitrogen functional groups attached to an aromatic ring is 1. The van der Waals surface area contributed by atoms with Gasteiger partial charge in [0.15, 0.2) is 17.3 Å². The molecule has 2 amide bonds. The van der Waals surface area contributed by atoms with E-state index in [1.54, 1.807) is 60.8 Å². The van der Waals surface area contributed by atoms with Crippen LogP contribution in [0.2, 0.25) is 0 Å². The Kier molecular flexibility index (Phi) is 5.74. The maximum absolute atomic E-state index is 12.7. The average Bonchev–Trinajstić information content (AvgIpc) is 3.46. The molecule has 12 nitrogen and oxygen atoms in total. The molecule has 0 unspecified atom stereocenters. The monoisotopic (exact) mass is 484 g/mol. The summed E-state index contributed by atoms with van der Waals surface area (Å²) >= 11 is 0. The molecule has 2 aromatic carbocycles. The summed E-state index contributed by atoms with van der Waals surface area (Å²) in [6.45, 7) is 2.54. The molecule has 0 radical (unpaired) electrons. The van der Waals surface area contributed by atoms with Crippen molar-refractivity contribution in [3.8, 4) is 23.1 Å². The number of imidazole rings is 1. The summed E-state index contributed by atoms with van der Waals surface area (Å²) in [6.07, 6.45) is 1.58. The van der Waals surface area contributed by atoms with Crippen molar-refractivity contribution in [3.63, 3.8) is 0 Å². The van der Waals surface area contributed by atoms with Crippen molar-refractivity contribution in [1.82, 2.24) is 24.8 Å². The number of rotatable bonds is 7. The molecule has 5 N–H and O–H groups in total. The van der Waals surface area contributed by atoms with Crippen LogP contribution in [0.5, 0.6) is 11.6 Å². The number of carbonyl (C=O) groups excluding carboxylic acids is 2. The second kappa shape index (κ2) is 9.18. The maximum atomic E-state index is 12.7. The fourth-order valence-electron chi connectivity index (χ4n) is 3.66. The Morgan fingerprint density at radius 3 is 2.58 bits per heavy atom. The number of hydrogen-bond donors (Lipinski definition) is 3. The zero-order chi connectivity index (χ0) is 25.2. The van der Waals surface area contributed by atoms with Crippen molar-refractivity contribution in [3.05, 3.63) is 71.9 Å². The number of primary amides is 1. The van der Waals surface area contributed by atoms with Gasteiger partial charge in [-0.15, -0.1) is 0 Å². The first-order valence-corrected chi connectivity index (χ1v) is 10.9. The third kappa shape index (κ3) is 4.30. The lowest BCUT2D eigenvalue weighted by Gasteiger charge is -2.09. The normalized spacial score (nSPS) is 10.9. The van der Waals surface area contributed by atoms with Crippen molar-refractivity contribution in [1.29, 1.82) is 0 Å². The number of nitrogens with two attached hydrogens (primary N) is 2. The molecule has 0 spiro atoms. The third-order valence-electron chi connectivity index (χ3n) is 5.40. The van der Waals surface area contributed by atoms with Crippen molar-refractivity contribution in [2.45, 2.75) is 13.5 Å². The standard InChI is InChI=1S/C24H20N8O4/c1-2-32-18-11-19(27-12-17(18)29-23(32)20-21(25)31-36-30-20)35-16-5-3-4-14(10-16)24(34)28-15-8-6-13(7-9-15)22(26)33/h3-12H,2H2,1H3,(H2,25,31)(H2,26,33)(H,28,34). The zero-order valence-electron chi connectivity index (χ0n) is 19.0. The molecule has 180 valence electrons. The summed E-state index contributed by atoms with van der Waals surface area (Å²) < 4.78 is 12.5. The van der Waals surface area contributed by atoms with Gasteiger partial charge in [-0.2, -0.15) is 0 Å². The lowest BCUT2D eigenvalue weighted by Crippen LogP contribution is -2.13. The van der Waals surface area contributed by atoms with Crippen molar-refractivity contribution in [2.75, 3.05) is 11.1 Å². The quantitative estimate of drug-likeness (QED) is 0.313. The van der Waals surface area contributed by atoms with E-state index >= 15 is 0 Å². The molecule has 0 aliphatic carbocycles. The highest BCUT2D eigenvalue weighted by molar-refractivity contribution is 6.04. The fourth-order valence-corrected chi connectivity index (χ4v) is 3.66. The predicted octanol–water partition coefficient (Wildman–Crippen LogP) is 3.23. The summed E-state index contributed by atoms with van der Waals surface area (Å²) in [5.74, 6) is 0.502. The molecule has 0 atom stereocenters.